The average Bonchev–Trinajstić information content (AvgIpc) is 2.92. The Kier molecular flexibility index (Phi) is 8.16. The molecule has 1 saturated heterocycles. The molecule has 2 heterocycles. The lowest BCUT2D eigenvalue weighted by Crippen LogP contribution is -2.48. The monoisotopic (exact) mass is 387 g/mol. The van der Waals surface area contributed by atoms with Crippen LogP contribution >= 0.6 is 36.2 Å². The maximum absolute atomic E-state index is 12.7. The maximum atomic E-state index is 12.7. The summed E-state index contributed by atoms with van der Waals surface area (Å²) in [6.45, 7) is 6.04. The van der Waals surface area contributed by atoms with Crippen molar-refractivity contribution in [1.29, 1.82) is 0 Å². The van der Waals surface area contributed by atoms with E-state index in [-0.39, 0.29) is 36.8 Å². The fourth-order valence-corrected chi connectivity index (χ4v) is 3.68. The van der Waals surface area contributed by atoms with Gasteiger partial charge in [-0.25, -0.2) is 4.98 Å². The van der Waals surface area contributed by atoms with Gasteiger partial charge in [0.15, 0.2) is 0 Å². The number of carbonyl (C=O) groups excluding carboxylic acids is 1. The highest BCUT2D eigenvalue weighted by Gasteiger charge is 2.25. The quantitative estimate of drug-likeness (QED) is 0.843. The molecule has 3 rings (SSSR count). The largest absolute Gasteiger partial charge is 0.348 e. The van der Waals surface area contributed by atoms with Crippen molar-refractivity contribution in [3.8, 4) is 11.3 Å². The van der Waals surface area contributed by atoms with Gasteiger partial charge in [0, 0.05) is 11.6 Å². The molecule has 0 saturated carbocycles. The summed E-state index contributed by atoms with van der Waals surface area (Å²) in [6, 6.07) is 10.1. The predicted molar refractivity (Wildman–Crippen MR) is 105 cm³/mol. The molecule has 132 valence electrons. The highest BCUT2D eigenvalue weighted by molar-refractivity contribution is 7.14. The molecule has 0 aliphatic carbocycles. The molecule has 1 aromatic carbocycles. The summed E-state index contributed by atoms with van der Waals surface area (Å²) in [7, 11) is 0. The number of hydrogen-bond acceptors (Lipinski definition) is 4. The van der Waals surface area contributed by atoms with Crippen molar-refractivity contribution in [3.63, 3.8) is 0 Å². The number of thiazole rings is 1. The van der Waals surface area contributed by atoms with Crippen LogP contribution in [-0.2, 0) is 0 Å². The normalized spacial score (nSPS) is 19.8. The van der Waals surface area contributed by atoms with Gasteiger partial charge in [-0.2, -0.15) is 0 Å². The zero-order valence-electron chi connectivity index (χ0n) is 13.7. The molecule has 0 bridgehead atoms. The van der Waals surface area contributed by atoms with Gasteiger partial charge >= 0.3 is 0 Å². The van der Waals surface area contributed by atoms with E-state index >= 15 is 0 Å². The second-order valence-corrected chi connectivity index (χ2v) is 7.03. The molecule has 2 atom stereocenters. The first-order valence-corrected chi connectivity index (χ1v) is 8.51. The Balaban J connectivity index is 0.00000144. The Morgan fingerprint density at radius 3 is 2.67 bits per heavy atom. The van der Waals surface area contributed by atoms with Crippen LogP contribution in [0.4, 0.5) is 0 Å². The molecule has 24 heavy (non-hydrogen) atoms. The number of nitrogens with one attached hydrogen (secondary N) is 2. The summed E-state index contributed by atoms with van der Waals surface area (Å²) in [4.78, 5) is 18.0. The molecule has 0 radical (unpaired) electrons. The number of benzene rings is 1. The third-order valence-corrected chi connectivity index (χ3v) is 5.06. The number of amides is 1. The van der Waals surface area contributed by atoms with E-state index in [1.54, 1.807) is 0 Å². The van der Waals surface area contributed by atoms with Gasteiger partial charge in [0.25, 0.3) is 5.91 Å². The third kappa shape index (κ3) is 4.70. The predicted octanol–water partition coefficient (Wildman–Crippen LogP) is 3.69. The van der Waals surface area contributed by atoms with E-state index in [4.69, 9.17) is 0 Å². The number of aryl methyl sites for hydroxylation is 1. The van der Waals surface area contributed by atoms with Crippen LogP contribution in [0.3, 0.4) is 0 Å². The second-order valence-electron chi connectivity index (χ2n) is 5.83. The van der Waals surface area contributed by atoms with Crippen molar-refractivity contribution >= 4 is 42.1 Å². The Hall–Kier alpha value is -1.14. The van der Waals surface area contributed by atoms with Crippen LogP contribution in [-0.4, -0.2) is 30.0 Å². The van der Waals surface area contributed by atoms with Crippen molar-refractivity contribution in [2.75, 3.05) is 13.1 Å². The fraction of sp³-hybridized carbons (Fsp3) is 0.412. The molecule has 2 N–H and O–H groups in total. The molecule has 0 spiro atoms. The molecule has 1 aliphatic heterocycles. The molecule has 1 amide bonds. The van der Waals surface area contributed by atoms with E-state index in [9.17, 15) is 4.79 Å². The van der Waals surface area contributed by atoms with Crippen molar-refractivity contribution < 1.29 is 4.79 Å². The van der Waals surface area contributed by atoms with E-state index < -0.39 is 0 Å². The van der Waals surface area contributed by atoms with Crippen LogP contribution in [0.5, 0.6) is 0 Å². The number of hydrogen-bond donors (Lipinski definition) is 2. The van der Waals surface area contributed by atoms with E-state index in [2.05, 4.69) is 22.5 Å². The summed E-state index contributed by atoms with van der Waals surface area (Å²) in [5, 5.41) is 7.48. The highest BCUT2D eigenvalue weighted by Crippen LogP contribution is 2.28. The summed E-state index contributed by atoms with van der Waals surface area (Å²) in [6.07, 6.45) is 0.978. The lowest BCUT2D eigenvalue weighted by molar-refractivity contribution is 0.0919. The molecular weight excluding hydrogens is 365 g/mol. The Morgan fingerprint density at radius 1 is 1.29 bits per heavy atom. The highest BCUT2D eigenvalue weighted by atomic mass is 35.5. The van der Waals surface area contributed by atoms with Crippen molar-refractivity contribution in [1.82, 2.24) is 15.6 Å². The number of aromatic nitrogens is 1. The molecule has 2 aromatic rings. The lowest BCUT2D eigenvalue weighted by Gasteiger charge is -2.30. The third-order valence-electron chi connectivity index (χ3n) is 4.09. The van der Waals surface area contributed by atoms with E-state index in [0.29, 0.717) is 5.92 Å². The standard InChI is InChI=1S/C17H21N3OS.2ClH/c1-11-10-18-9-8-14(11)20-17(21)16-15(19-12(2)22-16)13-6-4-3-5-7-13;;/h3-7,11,14,18H,8-10H2,1-2H3,(H,20,21);2*1H. The maximum Gasteiger partial charge on any atom is 0.263 e. The van der Waals surface area contributed by atoms with Crippen LogP contribution in [0.15, 0.2) is 30.3 Å². The van der Waals surface area contributed by atoms with Gasteiger partial charge in [-0.05, 0) is 32.4 Å². The first-order valence-electron chi connectivity index (χ1n) is 7.69. The smallest absolute Gasteiger partial charge is 0.263 e. The number of rotatable bonds is 3. The van der Waals surface area contributed by atoms with E-state index in [0.717, 1.165) is 40.7 Å². The molecule has 1 fully saturated rings. The Morgan fingerprint density at radius 2 is 2.00 bits per heavy atom. The van der Waals surface area contributed by atoms with E-state index in [1.165, 1.54) is 11.3 Å². The molecule has 1 aliphatic rings. The number of nitrogens with zero attached hydrogens (tertiary/aromatic N) is 1. The summed E-state index contributed by atoms with van der Waals surface area (Å²) in [5.41, 5.74) is 1.79. The van der Waals surface area contributed by atoms with Crippen LogP contribution in [0.2, 0.25) is 0 Å². The molecule has 7 heteroatoms. The average molecular weight is 388 g/mol. The van der Waals surface area contributed by atoms with Gasteiger partial charge in [0.05, 0.1) is 10.7 Å². The van der Waals surface area contributed by atoms with Crippen LogP contribution < -0.4 is 10.6 Å². The zero-order chi connectivity index (χ0) is 15.5. The minimum atomic E-state index is 0. The topological polar surface area (TPSA) is 54.0 Å². The van der Waals surface area contributed by atoms with Gasteiger partial charge in [0.2, 0.25) is 0 Å². The van der Waals surface area contributed by atoms with Gasteiger partial charge in [-0.1, -0.05) is 37.3 Å². The van der Waals surface area contributed by atoms with Crippen LogP contribution in [0, 0.1) is 12.8 Å². The summed E-state index contributed by atoms with van der Waals surface area (Å²) >= 11 is 1.47. The number of piperidine rings is 1. The van der Waals surface area contributed by atoms with Gasteiger partial charge in [0.1, 0.15) is 4.88 Å². The minimum Gasteiger partial charge on any atom is -0.348 e. The number of carbonyl (C=O) groups is 1. The first kappa shape index (κ1) is 20.9. The van der Waals surface area contributed by atoms with Crippen LogP contribution in [0.1, 0.15) is 28.0 Å². The van der Waals surface area contributed by atoms with E-state index in [1.807, 2.05) is 37.3 Å². The first-order chi connectivity index (χ1) is 10.6. The Labute approximate surface area is 159 Å². The van der Waals surface area contributed by atoms with Crippen molar-refractivity contribution in [3.05, 3.63) is 40.2 Å². The van der Waals surface area contributed by atoms with Crippen molar-refractivity contribution in [2.24, 2.45) is 5.92 Å². The lowest BCUT2D eigenvalue weighted by atomic mass is 9.95. The number of halogens is 2. The van der Waals surface area contributed by atoms with Gasteiger partial charge in [-0.3, -0.25) is 4.79 Å². The minimum absolute atomic E-state index is 0. The van der Waals surface area contributed by atoms with Gasteiger partial charge in [-0.15, -0.1) is 36.2 Å². The van der Waals surface area contributed by atoms with Gasteiger partial charge < -0.3 is 10.6 Å². The molecular formula is C17H23Cl2N3OS. The second kappa shape index (κ2) is 9.37. The van der Waals surface area contributed by atoms with Crippen LogP contribution in [0.25, 0.3) is 11.3 Å². The molecule has 2 unspecified atom stereocenters. The Bertz CT molecular complexity index is 663. The molecule has 1 aromatic heterocycles. The molecule has 4 nitrogen and oxygen atoms in total. The fourth-order valence-electron chi connectivity index (χ4n) is 2.84. The zero-order valence-corrected chi connectivity index (χ0v) is 16.2. The summed E-state index contributed by atoms with van der Waals surface area (Å²) in [5.74, 6) is 0.454. The summed E-state index contributed by atoms with van der Waals surface area (Å²) < 4.78 is 0. The SMILES string of the molecule is Cc1nc(-c2ccccc2)c(C(=O)NC2CCNCC2C)s1.Cl.Cl. The van der Waals surface area contributed by atoms with Crippen molar-refractivity contribution in [2.45, 2.75) is 26.3 Å².